The van der Waals surface area contributed by atoms with Gasteiger partial charge in [0, 0.05) is 5.56 Å². The number of hydrogen-bond acceptors (Lipinski definition) is 5. The molecule has 2 aromatic carbocycles. The van der Waals surface area contributed by atoms with Gasteiger partial charge >= 0.3 is 0 Å². The van der Waals surface area contributed by atoms with E-state index in [0.29, 0.717) is 11.1 Å². The Morgan fingerprint density at radius 1 is 1.00 bits per heavy atom. The van der Waals surface area contributed by atoms with E-state index in [0.717, 1.165) is 0 Å². The van der Waals surface area contributed by atoms with Crippen LogP contribution in [0.1, 0.15) is 15.9 Å². The number of carboxylic acid groups (broad SMARTS) is 1. The summed E-state index contributed by atoms with van der Waals surface area (Å²) >= 11 is 0. The summed E-state index contributed by atoms with van der Waals surface area (Å²) in [5.74, 6) is -2.70. The molecular formula is C18H15N2O5-. The summed E-state index contributed by atoms with van der Waals surface area (Å²) in [6, 6.07) is 14.2. The minimum atomic E-state index is -1.45. The first-order chi connectivity index (χ1) is 12.0. The number of aromatic hydroxyl groups is 1. The van der Waals surface area contributed by atoms with Gasteiger partial charge < -0.3 is 25.6 Å². The lowest BCUT2D eigenvalue weighted by Crippen LogP contribution is -2.41. The standard InChI is InChI=1S/C18H16N2O5/c21-14-8-6-12(7-9-14)10-15(18(25)19-11-16(22)23)20-17(24)13-4-2-1-3-5-13/h1-10,21H,11H2,(H,19,25)(H,20,24)(H,22,23)/p-1/b15-10-. The Bertz CT molecular complexity index is 798. The minimum absolute atomic E-state index is 0.0495. The molecule has 0 spiro atoms. The number of carbonyl (C=O) groups is 3. The SMILES string of the molecule is O=C([O-])CNC(=O)/C(=C/c1ccc(O)cc1)NC(=O)c1ccccc1. The molecule has 7 nitrogen and oxygen atoms in total. The maximum Gasteiger partial charge on any atom is 0.268 e. The van der Waals surface area contributed by atoms with E-state index in [1.54, 1.807) is 30.3 Å². The molecule has 0 bridgehead atoms. The van der Waals surface area contributed by atoms with Crippen LogP contribution in [0.4, 0.5) is 0 Å². The fraction of sp³-hybridized carbons (Fsp3) is 0.0556. The molecule has 0 fully saturated rings. The van der Waals surface area contributed by atoms with Crippen LogP contribution < -0.4 is 15.7 Å². The lowest BCUT2D eigenvalue weighted by Gasteiger charge is -2.11. The number of phenolic OH excluding ortho intramolecular Hbond substituents is 1. The van der Waals surface area contributed by atoms with Crippen molar-refractivity contribution >= 4 is 23.9 Å². The molecule has 0 saturated heterocycles. The van der Waals surface area contributed by atoms with Crippen molar-refractivity contribution in [3.8, 4) is 5.75 Å². The number of rotatable bonds is 6. The molecule has 0 aliphatic rings. The second-order valence-electron chi connectivity index (χ2n) is 5.02. The second kappa shape index (κ2) is 8.30. The van der Waals surface area contributed by atoms with Crippen molar-refractivity contribution < 1.29 is 24.6 Å². The van der Waals surface area contributed by atoms with Crippen molar-refractivity contribution in [2.24, 2.45) is 0 Å². The number of aliphatic carboxylic acids is 1. The molecule has 2 aromatic rings. The van der Waals surface area contributed by atoms with Crippen molar-refractivity contribution in [2.75, 3.05) is 6.54 Å². The summed E-state index contributed by atoms with van der Waals surface area (Å²) in [6.45, 7) is -0.688. The molecule has 25 heavy (non-hydrogen) atoms. The highest BCUT2D eigenvalue weighted by molar-refractivity contribution is 6.05. The van der Waals surface area contributed by atoms with Crippen molar-refractivity contribution in [1.29, 1.82) is 0 Å². The fourth-order valence-electron chi connectivity index (χ4n) is 1.93. The third kappa shape index (κ3) is 5.51. The van der Waals surface area contributed by atoms with Crippen LogP contribution in [0.2, 0.25) is 0 Å². The Kier molecular flexibility index (Phi) is 5.89. The summed E-state index contributed by atoms with van der Waals surface area (Å²) in [5, 5.41) is 24.4. The number of benzene rings is 2. The van der Waals surface area contributed by atoms with Crippen LogP contribution in [0, 0.1) is 0 Å². The molecule has 0 aliphatic heterocycles. The van der Waals surface area contributed by atoms with Crippen LogP contribution in [0.3, 0.4) is 0 Å². The predicted octanol–water partition coefficient (Wildman–Crippen LogP) is 0.0292. The number of amides is 2. The van der Waals surface area contributed by atoms with Crippen molar-refractivity contribution in [3.05, 3.63) is 71.4 Å². The van der Waals surface area contributed by atoms with Crippen LogP contribution in [-0.2, 0) is 9.59 Å². The van der Waals surface area contributed by atoms with Crippen LogP contribution in [0.25, 0.3) is 6.08 Å². The first-order valence-electron chi connectivity index (χ1n) is 7.31. The Morgan fingerprint density at radius 2 is 1.64 bits per heavy atom. The third-order valence-electron chi connectivity index (χ3n) is 3.13. The van der Waals surface area contributed by atoms with E-state index in [-0.39, 0.29) is 11.4 Å². The Labute approximate surface area is 143 Å². The van der Waals surface area contributed by atoms with Gasteiger partial charge in [0.1, 0.15) is 11.4 Å². The van der Waals surface area contributed by atoms with Gasteiger partial charge in [0.15, 0.2) is 0 Å². The Morgan fingerprint density at radius 3 is 2.24 bits per heavy atom. The van der Waals surface area contributed by atoms with Crippen LogP contribution in [0.15, 0.2) is 60.3 Å². The van der Waals surface area contributed by atoms with E-state index in [2.05, 4.69) is 10.6 Å². The zero-order valence-corrected chi connectivity index (χ0v) is 13.1. The average Bonchev–Trinajstić information content (AvgIpc) is 2.61. The van der Waals surface area contributed by atoms with Gasteiger partial charge in [-0.2, -0.15) is 0 Å². The number of carboxylic acids is 1. The largest absolute Gasteiger partial charge is 0.548 e. The van der Waals surface area contributed by atoms with Gasteiger partial charge in [0.25, 0.3) is 11.8 Å². The van der Waals surface area contributed by atoms with E-state index in [9.17, 15) is 24.6 Å². The smallest absolute Gasteiger partial charge is 0.268 e. The molecular weight excluding hydrogens is 324 g/mol. The molecule has 0 unspecified atom stereocenters. The summed E-state index contributed by atoms with van der Waals surface area (Å²) in [7, 11) is 0. The molecule has 3 N–H and O–H groups in total. The summed E-state index contributed by atoms with van der Waals surface area (Å²) in [4.78, 5) is 34.9. The van der Waals surface area contributed by atoms with Crippen LogP contribution >= 0.6 is 0 Å². The molecule has 2 rings (SSSR count). The summed E-state index contributed by atoms with van der Waals surface area (Å²) in [6.07, 6.45) is 1.37. The van der Waals surface area contributed by atoms with Gasteiger partial charge in [0.05, 0.1) is 12.5 Å². The average molecular weight is 339 g/mol. The topological polar surface area (TPSA) is 119 Å². The lowest BCUT2D eigenvalue weighted by atomic mass is 10.1. The van der Waals surface area contributed by atoms with E-state index < -0.39 is 24.3 Å². The predicted molar refractivity (Wildman–Crippen MR) is 88.0 cm³/mol. The normalized spacial score (nSPS) is 10.8. The summed E-state index contributed by atoms with van der Waals surface area (Å²) in [5.41, 5.74) is 0.734. The molecule has 0 atom stereocenters. The van der Waals surface area contributed by atoms with Gasteiger partial charge in [-0.05, 0) is 35.9 Å². The lowest BCUT2D eigenvalue weighted by molar-refractivity contribution is -0.303. The van der Waals surface area contributed by atoms with Crippen molar-refractivity contribution in [1.82, 2.24) is 10.6 Å². The van der Waals surface area contributed by atoms with Crippen molar-refractivity contribution in [3.63, 3.8) is 0 Å². The van der Waals surface area contributed by atoms with Crippen molar-refractivity contribution in [2.45, 2.75) is 0 Å². The van der Waals surface area contributed by atoms with E-state index in [4.69, 9.17) is 0 Å². The fourth-order valence-corrected chi connectivity index (χ4v) is 1.93. The number of carbonyl (C=O) groups excluding carboxylic acids is 3. The highest BCUT2D eigenvalue weighted by atomic mass is 16.4. The third-order valence-corrected chi connectivity index (χ3v) is 3.13. The maximum atomic E-state index is 12.2. The van der Waals surface area contributed by atoms with Gasteiger partial charge in [-0.3, -0.25) is 9.59 Å². The summed E-state index contributed by atoms with van der Waals surface area (Å²) < 4.78 is 0. The van der Waals surface area contributed by atoms with E-state index >= 15 is 0 Å². The van der Waals surface area contributed by atoms with Gasteiger partial charge in [0.2, 0.25) is 0 Å². The molecule has 2 amide bonds. The van der Waals surface area contributed by atoms with Crippen LogP contribution in [-0.4, -0.2) is 29.4 Å². The monoisotopic (exact) mass is 339 g/mol. The van der Waals surface area contributed by atoms with Gasteiger partial charge in [-0.25, -0.2) is 0 Å². The maximum absolute atomic E-state index is 12.2. The molecule has 0 heterocycles. The quantitative estimate of drug-likeness (QED) is 0.642. The molecule has 0 aromatic heterocycles. The molecule has 128 valence electrons. The first kappa shape index (κ1) is 17.7. The molecule has 0 radical (unpaired) electrons. The number of phenols is 1. The molecule has 7 heteroatoms. The number of hydrogen-bond donors (Lipinski definition) is 3. The first-order valence-corrected chi connectivity index (χ1v) is 7.31. The van der Waals surface area contributed by atoms with Crippen LogP contribution in [0.5, 0.6) is 5.75 Å². The number of nitrogens with one attached hydrogen (secondary N) is 2. The zero-order chi connectivity index (χ0) is 18.2. The molecule has 0 aliphatic carbocycles. The zero-order valence-electron chi connectivity index (χ0n) is 13.1. The Hall–Kier alpha value is -3.61. The molecule has 0 saturated carbocycles. The van der Waals surface area contributed by atoms with E-state index in [1.165, 1.54) is 30.3 Å². The highest BCUT2D eigenvalue weighted by Gasteiger charge is 2.14. The Balaban J connectivity index is 2.24. The van der Waals surface area contributed by atoms with E-state index in [1.807, 2.05) is 0 Å². The second-order valence-corrected chi connectivity index (χ2v) is 5.02. The minimum Gasteiger partial charge on any atom is -0.548 e. The van der Waals surface area contributed by atoms with Gasteiger partial charge in [-0.15, -0.1) is 0 Å². The van der Waals surface area contributed by atoms with Gasteiger partial charge in [-0.1, -0.05) is 30.3 Å². The highest BCUT2D eigenvalue weighted by Crippen LogP contribution is 2.12.